The molecule has 3 saturated heterocycles. The van der Waals surface area contributed by atoms with Crippen LogP contribution in [0.1, 0.15) is 93.3 Å². The van der Waals surface area contributed by atoms with Crippen molar-refractivity contribution in [3.05, 3.63) is 137 Å². The highest BCUT2D eigenvalue weighted by Crippen LogP contribution is 2.32. The Labute approximate surface area is 405 Å². The van der Waals surface area contributed by atoms with E-state index in [1.165, 1.54) is 22.2 Å². The highest BCUT2D eigenvalue weighted by molar-refractivity contribution is 7.99. The van der Waals surface area contributed by atoms with Crippen LogP contribution in [-0.2, 0) is 22.7 Å². The van der Waals surface area contributed by atoms with E-state index in [0.29, 0.717) is 35.0 Å². The van der Waals surface area contributed by atoms with E-state index in [1.807, 2.05) is 66.9 Å². The van der Waals surface area contributed by atoms with Gasteiger partial charge in [0, 0.05) is 104 Å². The van der Waals surface area contributed by atoms with Crippen molar-refractivity contribution >= 4 is 64.1 Å². The summed E-state index contributed by atoms with van der Waals surface area (Å²) >= 11 is 1.50. The van der Waals surface area contributed by atoms with Gasteiger partial charge in [-0.05, 0) is 116 Å². The molecule has 17 heteroatoms. The molecule has 7 heterocycles. The summed E-state index contributed by atoms with van der Waals surface area (Å²) < 4.78 is 0. The van der Waals surface area contributed by atoms with Crippen LogP contribution in [0.3, 0.4) is 0 Å². The molecule has 0 saturated carbocycles. The van der Waals surface area contributed by atoms with Gasteiger partial charge in [-0.3, -0.25) is 39.2 Å². The molecule has 2 unspecified atom stereocenters. The Hall–Kier alpha value is -6.95. The molecule has 5 aromatic rings. The minimum absolute atomic E-state index is 0.121. The van der Waals surface area contributed by atoms with Gasteiger partial charge in [0.25, 0.3) is 17.7 Å². The molecular weight excluding hydrogens is 891 g/mol. The lowest BCUT2D eigenvalue weighted by atomic mass is 9.91. The Morgan fingerprint density at radius 2 is 1.70 bits per heavy atom. The number of imide groups is 1. The van der Waals surface area contributed by atoms with E-state index in [0.717, 1.165) is 103 Å². The third-order valence-corrected chi connectivity index (χ3v) is 14.9. The van der Waals surface area contributed by atoms with Crippen LogP contribution in [0, 0.1) is 0 Å². The van der Waals surface area contributed by atoms with E-state index in [-0.39, 0.29) is 48.7 Å². The summed E-state index contributed by atoms with van der Waals surface area (Å²) in [4.78, 5) is 86.9. The number of aromatic nitrogens is 3. The molecule has 69 heavy (non-hydrogen) atoms. The van der Waals surface area contributed by atoms with Crippen LogP contribution >= 0.6 is 11.8 Å². The summed E-state index contributed by atoms with van der Waals surface area (Å²) in [6, 6.07) is 24.5. The normalized spacial score (nSPS) is 20.3. The van der Waals surface area contributed by atoms with Crippen LogP contribution in [-0.4, -0.2) is 111 Å². The van der Waals surface area contributed by atoms with E-state index in [1.54, 1.807) is 30.6 Å². The predicted molar refractivity (Wildman–Crippen MR) is 264 cm³/mol. The first kappa shape index (κ1) is 45.8. The Bertz CT molecular complexity index is 2810. The van der Waals surface area contributed by atoms with Crippen LogP contribution in [0.4, 0.5) is 17.2 Å². The van der Waals surface area contributed by atoms with E-state index >= 15 is 0 Å². The van der Waals surface area contributed by atoms with Gasteiger partial charge in [-0.25, -0.2) is 9.97 Å². The Morgan fingerprint density at radius 1 is 0.855 bits per heavy atom. The first-order chi connectivity index (χ1) is 33.4. The summed E-state index contributed by atoms with van der Waals surface area (Å²) in [5.41, 5.74) is 13.3. The quantitative estimate of drug-likeness (QED) is 0.112. The molecule has 0 aliphatic carbocycles. The third kappa shape index (κ3) is 10.4. The van der Waals surface area contributed by atoms with E-state index in [9.17, 15) is 24.0 Å². The summed E-state index contributed by atoms with van der Waals surface area (Å²) in [5, 5.41) is 9.10. The summed E-state index contributed by atoms with van der Waals surface area (Å²) in [6.45, 7) is 7.98. The molecular formula is C52H55N11O5S. The van der Waals surface area contributed by atoms with Crippen molar-refractivity contribution in [1.82, 2.24) is 35.4 Å². The average Bonchev–Trinajstić information content (AvgIpc) is 3.99. The number of fused-ring (bicyclic) bond motifs is 1. The number of carbonyl (C=O) groups excluding carboxylic acids is 5. The first-order valence-electron chi connectivity index (χ1n) is 23.7. The number of anilines is 3. The highest BCUT2D eigenvalue weighted by atomic mass is 32.2. The van der Waals surface area contributed by atoms with Crippen molar-refractivity contribution in [3.8, 4) is 0 Å². The molecule has 10 rings (SSSR count). The molecule has 5 amide bonds. The minimum atomic E-state index is -0.675. The maximum Gasteiger partial charge on any atom is 0.270 e. The van der Waals surface area contributed by atoms with Crippen LogP contribution in [0.2, 0.25) is 0 Å². The lowest BCUT2D eigenvalue weighted by Crippen LogP contribution is -2.52. The number of carbonyl (C=O) groups is 5. The molecule has 16 nitrogen and oxygen atoms in total. The number of pyridine rings is 1. The van der Waals surface area contributed by atoms with Crippen molar-refractivity contribution in [3.63, 3.8) is 0 Å². The first-order valence-corrected chi connectivity index (χ1v) is 24.5. The van der Waals surface area contributed by atoms with Crippen molar-refractivity contribution < 1.29 is 24.0 Å². The number of nitrogens with one attached hydrogen (secondary N) is 3. The fraction of sp³-hybridized carbons (Fsp3) is 0.346. The number of nitrogens with two attached hydrogens (primary N) is 1. The van der Waals surface area contributed by atoms with Crippen LogP contribution in [0.5, 0.6) is 0 Å². The van der Waals surface area contributed by atoms with Gasteiger partial charge < -0.3 is 31.1 Å². The lowest BCUT2D eigenvalue weighted by molar-refractivity contribution is -0.136. The maximum absolute atomic E-state index is 13.3. The van der Waals surface area contributed by atoms with Crippen LogP contribution in [0.15, 0.2) is 113 Å². The van der Waals surface area contributed by atoms with Gasteiger partial charge in [0.05, 0.1) is 12.4 Å². The second-order valence-corrected chi connectivity index (χ2v) is 19.9. The topological polar surface area (TPSA) is 199 Å². The number of piperidine rings is 2. The van der Waals surface area contributed by atoms with Crippen molar-refractivity contribution in [2.24, 2.45) is 5.73 Å². The van der Waals surface area contributed by atoms with Gasteiger partial charge in [-0.2, -0.15) is 0 Å². The molecule has 354 valence electrons. The summed E-state index contributed by atoms with van der Waals surface area (Å²) in [7, 11) is 0. The number of rotatable bonds is 12. The zero-order valence-corrected chi connectivity index (χ0v) is 39.3. The van der Waals surface area contributed by atoms with Crippen molar-refractivity contribution in [1.29, 1.82) is 0 Å². The molecule has 0 radical (unpaired) electrons. The SMILES string of the molecule is CC1(N)CCN(c2cnc(Sc3cccc(NC(=O)c4ccc(N5CCC(N6CC=C(c7ccc(C(=O)NCc8ccc9c(c8)CN(C8CCC(=O)NC8=O)C9=O)nc7)CC6)C5)cc4)c3)cn2)CC1. The zero-order chi connectivity index (χ0) is 47.6. The molecule has 5 aliphatic rings. The highest BCUT2D eigenvalue weighted by Gasteiger charge is 2.39. The average molecular weight is 946 g/mol. The van der Waals surface area contributed by atoms with Gasteiger partial charge >= 0.3 is 0 Å². The fourth-order valence-electron chi connectivity index (χ4n) is 9.84. The number of hydrogen-bond acceptors (Lipinski definition) is 13. The van der Waals surface area contributed by atoms with Crippen LogP contribution in [0.25, 0.3) is 5.57 Å². The molecule has 5 N–H and O–H groups in total. The van der Waals surface area contributed by atoms with Gasteiger partial charge in [0.2, 0.25) is 11.8 Å². The van der Waals surface area contributed by atoms with Crippen LogP contribution < -0.4 is 31.5 Å². The number of nitrogens with zero attached hydrogens (tertiary/aromatic N) is 7. The standard InChI is InChI=1S/C52H55N11O5S/c1-52(53)18-23-61(24-19-52)45-29-56-47(30-55-45)69-41-4-2-3-38(26-41)58-48(65)35-6-9-39(10-7-35)62-22-17-40(32-62)60-20-15-34(16-21-60)36-8-12-43(54-28-36)49(66)57-27-33-5-11-42-37(25-33)31-63(51(42)68)44-13-14-46(64)59-50(44)67/h2-12,15,25-26,28-30,40,44H,13-14,16-24,27,31-32,53H2,1H3,(H,57,66)(H,58,65)(H,59,64,67). The number of hydrogen-bond donors (Lipinski definition) is 4. The largest absolute Gasteiger partial charge is 0.370 e. The summed E-state index contributed by atoms with van der Waals surface area (Å²) in [6.07, 6.45) is 11.9. The van der Waals surface area contributed by atoms with Crippen molar-refractivity contribution in [2.75, 3.05) is 54.4 Å². The Morgan fingerprint density at radius 3 is 2.43 bits per heavy atom. The van der Waals surface area contributed by atoms with Gasteiger partial charge in [0.15, 0.2) is 0 Å². The molecule has 2 aromatic heterocycles. The van der Waals surface area contributed by atoms with E-state index in [4.69, 9.17) is 5.73 Å². The Balaban J connectivity index is 0.665. The molecule has 0 bridgehead atoms. The monoisotopic (exact) mass is 945 g/mol. The predicted octanol–water partition coefficient (Wildman–Crippen LogP) is 5.65. The van der Waals surface area contributed by atoms with Crippen molar-refractivity contribution in [2.45, 2.75) is 86.1 Å². The lowest BCUT2D eigenvalue weighted by Gasteiger charge is -2.37. The maximum atomic E-state index is 13.3. The van der Waals surface area contributed by atoms with Gasteiger partial charge in [-0.1, -0.05) is 42.1 Å². The summed E-state index contributed by atoms with van der Waals surface area (Å²) in [5.74, 6) is -0.593. The third-order valence-electron chi connectivity index (χ3n) is 14.0. The molecule has 2 atom stereocenters. The molecule has 0 spiro atoms. The smallest absolute Gasteiger partial charge is 0.270 e. The van der Waals surface area contributed by atoms with Gasteiger partial charge in [0.1, 0.15) is 22.6 Å². The number of amides is 5. The molecule has 3 fully saturated rings. The fourth-order valence-corrected chi connectivity index (χ4v) is 10.6. The minimum Gasteiger partial charge on any atom is -0.370 e. The second-order valence-electron chi connectivity index (χ2n) is 18.9. The zero-order valence-electron chi connectivity index (χ0n) is 38.5. The second kappa shape index (κ2) is 19.6. The van der Waals surface area contributed by atoms with Gasteiger partial charge in [-0.15, -0.1) is 0 Å². The van der Waals surface area contributed by atoms with E-state index in [2.05, 4.69) is 58.6 Å². The van der Waals surface area contributed by atoms with E-state index < -0.39 is 11.9 Å². The Kier molecular flexibility index (Phi) is 13.0. The number of benzene rings is 3. The molecule has 3 aromatic carbocycles. The molecule has 5 aliphatic heterocycles.